The molecule has 0 spiro atoms. The molecule has 8 heteroatoms. The molecule has 4 nitrogen and oxygen atoms in total. The van der Waals surface area contributed by atoms with Crippen LogP contribution < -0.4 is 4.72 Å². The highest BCUT2D eigenvalue weighted by molar-refractivity contribution is 7.90. The van der Waals surface area contributed by atoms with Crippen LogP contribution in [-0.4, -0.2) is 20.4 Å². The van der Waals surface area contributed by atoms with E-state index < -0.39 is 46.3 Å². The molecule has 2 rings (SSSR count). The fourth-order valence-corrected chi connectivity index (χ4v) is 3.35. The highest BCUT2D eigenvalue weighted by atomic mass is 32.2. The molecule has 0 aromatic heterocycles. The van der Waals surface area contributed by atoms with Gasteiger partial charge >= 0.3 is 12.1 Å². The van der Waals surface area contributed by atoms with Crippen LogP contribution in [0.5, 0.6) is 0 Å². The van der Waals surface area contributed by atoms with Crippen LogP contribution in [0.15, 0.2) is 48.5 Å². The maximum atomic E-state index is 13.4. The van der Waals surface area contributed by atoms with E-state index >= 15 is 0 Å². The fourth-order valence-electron chi connectivity index (χ4n) is 2.52. The van der Waals surface area contributed by atoms with Crippen molar-refractivity contribution >= 4 is 17.3 Å². The van der Waals surface area contributed by atoms with Gasteiger partial charge in [-0.2, -0.15) is 13.2 Å². The van der Waals surface area contributed by atoms with Crippen molar-refractivity contribution in [2.75, 3.05) is 0 Å². The predicted octanol–water partition coefficient (Wildman–Crippen LogP) is 4.94. The Hall–Kier alpha value is -2.03. The van der Waals surface area contributed by atoms with E-state index in [0.717, 1.165) is 12.1 Å². The number of hydrogen-bond acceptors (Lipinski definition) is 3. The molecule has 0 radical (unpaired) electrons. The first kappa shape index (κ1) is 22.3. The maximum Gasteiger partial charge on any atom is 0.416 e. The van der Waals surface area contributed by atoms with E-state index in [-0.39, 0.29) is 5.56 Å². The van der Waals surface area contributed by atoms with Gasteiger partial charge in [-0.3, -0.25) is 4.79 Å². The van der Waals surface area contributed by atoms with Crippen LogP contribution >= 0.6 is 0 Å². The van der Waals surface area contributed by atoms with Crippen LogP contribution in [-0.2, 0) is 22.3 Å². The number of carboxylic acids is 1. The summed E-state index contributed by atoms with van der Waals surface area (Å²) in [5.74, 6) is -1.21. The molecular weight excluding hydrogens is 391 g/mol. The molecule has 0 fully saturated rings. The number of nitrogens with one attached hydrogen (secondary N) is 1. The minimum absolute atomic E-state index is 0.119. The zero-order valence-electron chi connectivity index (χ0n) is 15.7. The lowest BCUT2D eigenvalue weighted by molar-refractivity contribution is -0.138. The second-order valence-corrected chi connectivity index (χ2v) is 9.35. The normalized spacial score (nSPS) is 14.5. The van der Waals surface area contributed by atoms with Gasteiger partial charge in [0.15, 0.2) is 0 Å². The van der Waals surface area contributed by atoms with Gasteiger partial charge in [-0.15, -0.1) is 4.72 Å². The molecular formula is C20H22F3NO3S. The van der Waals surface area contributed by atoms with Gasteiger partial charge in [0.25, 0.3) is 0 Å². The maximum absolute atomic E-state index is 13.4. The van der Waals surface area contributed by atoms with Gasteiger partial charge < -0.3 is 9.66 Å². The van der Waals surface area contributed by atoms with Crippen molar-refractivity contribution in [3.8, 4) is 11.1 Å². The lowest BCUT2D eigenvalue weighted by atomic mass is 9.95. The molecule has 0 amide bonds. The Balaban J connectivity index is 2.56. The van der Waals surface area contributed by atoms with Crippen molar-refractivity contribution in [3.05, 3.63) is 59.7 Å². The van der Waals surface area contributed by atoms with Gasteiger partial charge in [-0.25, -0.2) is 0 Å². The van der Waals surface area contributed by atoms with Gasteiger partial charge in [-0.1, -0.05) is 30.3 Å². The van der Waals surface area contributed by atoms with Crippen LogP contribution in [0.4, 0.5) is 13.2 Å². The average Bonchev–Trinajstić information content (AvgIpc) is 2.59. The van der Waals surface area contributed by atoms with E-state index in [2.05, 4.69) is 4.72 Å². The third kappa shape index (κ3) is 5.98. The lowest BCUT2D eigenvalue weighted by Gasteiger charge is -2.28. The highest BCUT2D eigenvalue weighted by Crippen LogP contribution is 2.36. The third-order valence-electron chi connectivity index (χ3n) is 3.98. The average molecular weight is 413 g/mol. The molecule has 2 aromatic rings. The largest absolute Gasteiger partial charge is 0.598 e. The van der Waals surface area contributed by atoms with Crippen LogP contribution in [0.3, 0.4) is 0 Å². The first-order valence-electron chi connectivity index (χ1n) is 8.55. The van der Waals surface area contributed by atoms with E-state index in [9.17, 15) is 27.6 Å². The zero-order chi connectivity index (χ0) is 21.1. The molecule has 0 bridgehead atoms. The van der Waals surface area contributed by atoms with Crippen LogP contribution in [0.2, 0.25) is 0 Å². The van der Waals surface area contributed by atoms with Gasteiger partial charge in [0.05, 0.1) is 18.0 Å². The lowest BCUT2D eigenvalue weighted by Crippen LogP contribution is -2.41. The van der Waals surface area contributed by atoms with Crippen molar-refractivity contribution < 1.29 is 27.6 Å². The van der Waals surface area contributed by atoms with E-state index in [0.29, 0.717) is 11.1 Å². The van der Waals surface area contributed by atoms with E-state index in [1.54, 1.807) is 51.1 Å². The van der Waals surface area contributed by atoms with Crippen molar-refractivity contribution in [2.24, 2.45) is 0 Å². The van der Waals surface area contributed by atoms with E-state index in [1.807, 2.05) is 0 Å². The SMILES string of the molecule is CC(C)(C)[S@@+]([O-])NC(CC(=O)O)c1cc(-c2ccccc2)cc(C(F)(F)F)c1. The summed E-state index contributed by atoms with van der Waals surface area (Å²) in [6.07, 6.45) is -5.10. The topological polar surface area (TPSA) is 72.4 Å². The van der Waals surface area contributed by atoms with E-state index in [1.165, 1.54) is 6.07 Å². The summed E-state index contributed by atoms with van der Waals surface area (Å²) in [6, 6.07) is 10.9. The Morgan fingerprint density at radius 1 is 1.11 bits per heavy atom. The molecule has 0 aliphatic rings. The number of hydrogen-bond donors (Lipinski definition) is 2. The Bertz CT molecular complexity index is 820. The molecule has 1 unspecified atom stereocenters. The quantitative estimate of drug-likeness (QED) is 0.658. The predicted molar refractivity (Wildman–Crippen MR) is 103 cm³/mol. The number of halogens is 3. The van der Waals surface area contributed by atoms with Crippen molar-refractivity contribution in [2.45, 2.75) is 44.2 Å². The number of benzene rings is 2. The third-order valence-corrected chi connectivity index (χ3v) is 5.59. The summed E-state index contributed by atoms with van der Waals surface area (Å²) < 4.78 is 54.8. The van der Waals surface area contributed by atoms with Gasteiger partial charge in [0.2, 0.25) is 0 Å². The molecule has 28 heavy (non-hydrogen) atoms. The zero-order valence-corrected chi connectivity index (χ0v) is 16.5. The first-order valence-corrected chi connectivity index (χ1v) is 9.70. The molecule has 0 aliphatic heterocycles. The molecule has 2 aromatic carbocycles. The van der Waals surface area contributed by atoms with Crippen molar-refractivity contribution in [3.63, 3.8) is 0 Å². The van der Waals surface area contributed by atoms with Crippen molar-refractivity contribution in [1.82, 2.24) is 4.72 Å². The Kier molecular flexibility index (Phi) is 6.80. The van der Waals surface area contributed by atoms with Crippen LogP contribution in [0.1, 0.15) is 44.4 Å². The second kappa shape index (κ2) is 8.55. The van der Waals surface area contributed by atoms with Gasteiger partial charge in [0, 0.05) is 11.4 Å². The molecule has 0 heterocycles. The molecule has 2 atom stereocenters. The number of alkyl halides is 3. The molecule has 0 saturated carbocycles. The minimum atomic E-state index is -4.60. The minimum Gasteiger partial charge on any atom is -0.598 e. The van der Waals surface area contributed by atoms with Gasteiger partial charge in [-0.05, 0) is 55.7 Å². The monoisotopic (exact) mass is 413 g/mol. The molecule has 0 saturated heterocycles. The van der Waals surface area contributed by atoms with Gasteiger partial charge in [0.1, 0.15) is 4.75 Å². The molecule has 152 valence electrons. The second-order valence-electron chi connectivity index (χ2n) is 7.36. The fraction of sp³-hybridized carbons (Fsp3) is 0.350. The number of rotatable bonds is 6. The Morgan fingerprint density at radius 2 is 1.71 bits per heavy atom. The number of carbonyl (C=O) groups is 1. The Morgan fingerprint density at radius 3 is 2.21 bits per heavy atom. The summed E-state index contributed by atoms with van der Waals surface area (Å²) in [4.78, 5) is 11.3. The number of aliphatic carboxylic acids is 1. The summed E-state index contributed by atoms with van der Waals surface area (Å²) in [5, 5.41) is 9.22. The van der Waals surface area contributed by atoms with E-state index in [4.69, 9.17) is 0 Å². The summed E-state index contributed by atoms with van der Waals surface area (Å²) >= 11 is -1.66. The smallest absolute Gasteiger partial charge is 0.416 e. The summed E-state index contributed by atoms with van der Waals surface area (Å²) in [5.41, 5.74) is 0.112. The molecule has 0 aliphatic carbocycles. The first-order chi connectivity index (χ1) is 12.9. The summed E-state index contributed by atoms with van der Waals surface area (Å²) in [6.45, 7) is 5.07. The molecule has 2 N–H and O–H groups in total. The summed E-state index contributed by atoms with van der Waals surface area (Å²) in [7, 11) is 0. The number of carboxylic acid groups (broad SMARTS) is 1. The van der Waals surface area contributed by atoms with Crippen LogP contribution in [0.25, 0.3) is 11.1 Å². The highest BCUT2D eigenvalue weighted by Gasteiger charge is 2.34. The van der Waals surface area contributed by atoms with Crippen LogP contribution in [0, 0.1) is 0 Å². The Labute approximate surface area is 165 Å². The standard InChI is InChI=1S/C20H22F3NO3S/c1-19(2,3)28(27)24-17(12-18(25)26)15-9-14(13-7-5-4-6-8-13)10-16(11-15)20(21,22)23/h4-11,17,24H,12H2,1-3H3,(H,25,26)/t17?,28-/m1/s1. The van der Waals surface area contributed by atoms with Crippen molar-refractivity contribution in [1.29, 1.82) is 0 Å².